The molecule has 5 rings (SSSR count). The summed E-state index contributed by atoms with van der Waals surface area (Å²) in [6.45, 7) is 12.7. The first kappa shape index (κ1) is 22.7. The fourth-order valence-corrected chi connectivity index (χ4v) is 5.87. The van der Waals surface area contributed by atoms with Gasteiger partial charge < -0.3 is 19.3 Å². The van der Waals surface area contributed by atoms with Crippen LogP contribution in [0, 0.1) is 23.2 Å². The highest BCUT2D eigenvalue weighted by Crippen LogP contribution is 2.47. The molecule has 0 spiro atoms. The Kier molecular flexibility index (Phi) is 5.91. The zero-order chi connectivity index (χ0) is 23.3. The number of amides is 1. The molecule has 1 aliphatic carbocycles. The molecule has 2 saturated heterocycles. The number of rotatable bonds is 4. The van der Waals surface area contributed by atoms with E-state index < -0.39 is 0 Å². The Morgan fingerprint density at radius 1 is 1.21 bits per heavy atom. The molecule has 1 unspecified atom stereocenters. The van der Waals surface area contributed by atoms with Gasteiger partial charge in [-0.2, -0.15) is 5.26 Å². The number of nitrogens with zero attached hydrogens (tertiary/aromatic N) is 3. The first-order chi connectivity index (χ1) is 15.8. The van der Waals surface area contributed by atoms with Crippen LogP contribution >= 0.6 is 0 Å². The minimum atomic E-state index is -0.257. The molecule has 3 aliphatic heterocycles. The van der Waals surface area contributed by atoms with Crippen LogP contribution in [-0.2, 0) is 27.3 Å². The fraction of sp³-hybridized carbons (Fsp3) is 0.704. The molecule has 33 heavy (non-hydrogen) atoms. The van der Waals surface area contributed by atoms with Crippen molar-refractivity contribution in [3.05, 3.63) is 28.3 Å². The van der Waals surface area contributed by atoms with Crippen molar-refractivity contribution in [2.75, 3.05) is 37.7 Å². The van der Waals surface area contributed by atoms with E-state index in [1.807, 2.05) is 0 Å². The molecular formula is C27H37N3O3. The number of fused-ring (bicyclic) bond motifs is 1. The topological polar surface area (TPSA) is 65.8 Å². The SMILES string of the molecule is CC(C)[C@@H]1CN(c2cc(C3CC3)c3c(c2C#N)CC(C)(C)OC3)CCN1C(=O)C1CCOC1. The minimum Gasteiger partial charge on any atom is -0.381 e. The number of nitriles is 1. The zero-order valence-corrected chi connectivity index (χ0v) is 20.5. The van der Waals surface area contributed by atoms with Crippen LogP contribution in [-0.4, -0.2) is 55.3 Å². The third-order valence-electron chi connectivity index (χ3n) is 7.99. The van der Waals surface area contributed by atoms with E-state index in [2.05, 4.69) is 49.6 Å². The molecule has 0 radical (unpaired) electrons. The maximum absolute atomic E-state index is 13.3. The van der Waals surface area contributed by atoms with E-state index in [-0.39, 0.29) is 23.5 Å². The van der Waals surface area contributed by atoms with Crippen LogP contribution in [0.5, 0.6) is 0 Å². The van der Waals surface area contributed by atoms with E-state index in [1.54, 1.807) is 0 Å². The molecule has 1 aromatic rings. The van der Waals surface area contributed by atoms with Crippen molar-refractivity contribution in [1.82, 2.24) is 4.90 Å². The number of piperazine rings is 1. The van der Waals surface area contributed by atoms with Gasteiger partial charge in [-0.05, 0) is 67.7 Å². The highest BCUT2D eigenvalue weighted by molar-refractivity contribution is 5.80. The Morgan fingerprint density at radius 3 is 2.64 bits per heavy atom. The van der Waals surface area contributed by atoms with Gasteiger partial charge in [-0.25, -0.2) is 0 Å². The molecule has 6 heteroatoms. The summed E-state index contributed by atoms with van der Waals surface area (Å²) in [5.41, 5.74) is 5.46. The van der Waals surface area contributed by atoms with Crippen molar-refractivity contribution in [1.29, 1.82) is 5.26 Å². The molecule has 0 bridgehead atoms. The molecule has 4 aliphatic rings. The molecule has 1 amide bonds. The van der Waals surface area contributed by atoms with Gasteiger partial charge in [0.2, 0.25) is 5.91 Å². The molecular weight excluding hydrogens is 414 g/mol. The number of hydrogen-bond donors (Lipinski definition) is 0. The Bertz CT molecular complexity index is 970. The molecule has 3 heterocycles. The summed E-state index contributed by atoms with van der Waals surface area (Å²) in [6.07, 6.45) is 4.05. The van der Waals surface area contributed by atoms with E-state index in [1.165, 1.54) is 29.5 Å². The lowest BCUT2D eigenvalue weighted by molar-refractivity contribution is -0.139. The number of carbonyl (C=O) groups is 1. The highest BCUT2D eigenvalue weighted by atomic mass is 16.5. The molecule has 1 aromatic carbocycles. The van der Waals surface area contributed by atoms with Gasteiger partial charge in [-0.15, -0.1) is 0 Å². The molecule has 178 valence electrons. The van der Waals surface area contributed by atoms with Gasteiger partial charge >= 0.3 is 0 Å². The van der Waals surface area contributed by atoms with Crippen LogP contribution in [0.25, 0.3) is 0 Å². The van der Waals surface area contributed by atoms with Crippen LogP contribution < -0.4 is 4.90 Å². The summed E-state index contributed by atoms with van der Waals surface area (Å²) < 4.78 is 11.6. The average Bonchev–Trinajstić information content (AvgIpc) is 3.49. The van der Waals surface area contributed by atoms with E-state index in [9.17, 15) is 10.1 Å². The molecule has 6 nitrogen and oxygen atoms in total. The summed E-state index contributed by atoms with van der Waals surface area (Å²) >= 11 is 0. The first-order valence-electron chi connectivity index (χ1n) is 12.6. The predicted molar refractivity (Wildman–Crippen MR) is 127 cm³/mol. The van der Waals surface area contributed by atoms with Crippen molar-refractivity contribution >= 4 is 11.6 Å². The summed E-state index contributed by atoms with van der Waals surface area (Å²) in [7, 11) is 0. The maximum atomic E-state index is 13.3. The van der Waals surface area contributed by atoms with Crippen molar-refractivity contribution in [3.63, 3.8) is 0 Å². The second-order valence-corrected chi connectivity index (χ2v) is 11.3. The molecule has 0 N–H and O–H groups in total. The highest BCUT2D eigenvalue weighted by Gasteiger charge is 2.40. The number of carbonyl (C=O) groups excluding carboxylic acids is 1. The quantitative estimate of drug-likeness (QED) is 0.692. The summed E-state index contributed by atoms with van der Waals surface area (Å²) in [5.74, 6) is 1.19. The molecule has 1 saturated carbocycles. The van der Waals surface area contributed by atoms with Crippen molar-refractivity contribution < 1.29 is 14.3 Å². The van der Waals surface area contributed by atoms with Crippen LogP contribution in [0.15, 0.2) is 6.07 Å². The van der Waals surface area contributed by atoms with Crippen LogP contribution in [0.4, 0.5) is 5.69 Å². The third kappa shape index (κ3) is 4.26. The molecule has 3 fully saturated rings. The lowest BCUT2D eigenvalue weighted by Crippen LogP contribution is -2.58. The molecule has 0 aromatic heterocycles. The van der Waals surface area contributed by atoms with E-state index in [0.717, 1.165) is 37.2 Å². The normalized spacial score (nSPS) is 26.9. The van der Waals surface area contributed by atoms with E-state index >= 15 is 0 Å². The molecule has 2 atom stereocenters. The predicted octanol–water partition coefficient (Wildman–Crippen LogP) is 4.00. The number of anilines is 1. The van der Waals surface area contributed by atoms with Gasteiger partial charge in [0.05, 0.1) is 42.0 Å². The lowest BCUT2D eigenvalue weighted by atomic mass is 9.83. The van der Waals surface area contributed by atoms with Gasteiger partial charge in [-0.3, -0.25) is 4.79 Å². The third-order valence-corrected chi connectivity index (χ3v) is 7.99. The lowest BCUT2D eigenvalue weighted by Gasteiger charge is -2.46. The van der Waals surface area contributed by atoms with E-state index in [4.69, 9.17) is 9.47 Å². The van der Waals surface area contributed by atoms with Gasteiger partial charge in [0, 0.05) is 32.7 Å². The van der Waals surface area contributed by atoms with Gasteiger partial charge in [0.1, 0.15) is 6.07 Å². The summed E-state index contributed by atoms with van der Waals surface area (Å²) in [5, 5.41) is 10.3. The van der Waals surface area contributed by atoms with Crippen LogP contribution in [0.3, 0.4) is 0 Å². The van der Waals surface area contributed by atoms with Crippen LogP contribution in [0.1, 0.15) is 75.1 Å². The standard InChI is InChI=1S/C27H37N3O3/c1-17(2)25-14-29(8-9-30(25)26(31)19-7-10-32-15-19)24-11-20(18-5-6-18)23-16-33-27(3,4)12-21(23)22(24)13-28/h11,17-19,25H,5-10,12,14-16H2,1-4H3/t19?,25-/m0/s1. The Labute approximate surface area is 197 Å². The monoisotopic (exact) mass is 451 g/mol. The maximum Gasteiger partial charge on any atom is 0.228 e. The van der Waals surface area contributed by atoms with Crippen LogP contribution in [0.2, 0.25) is 0 Å². The first-order valence-corrected chi connectivity index (χ1v) is 12.6. The number of benzene rings is 1. The Balaban J connectivity index is 1.48. The van der Waals surface area contributed by atoms with Crippen molar-refractivity contribution in [2.45, 2.75) is 77.5 Å². The zero-order valence-electron chi connectivity index (χ0n) is 20.5. The van der Waals surface area contributed by atoms with Gasteiger partial charge in [0.15, 0.2) is 0 Å². The largest absolute Gasteiger partial charge is 0.381 e. The summed E-state index contributed by atoms with van der Waals surface area (Å²) in [6, 6.07) is 5.00. The summed E-state index contributed by atoms with van der Waals surface area (Å²) in [4.78, 5) is 17.7. The van der Waals surface area contributed by atoms with E-state index in [0.29, 0.717) is 38.2 Å². The Morgan fingerprint density at radius 2 is 2.00 bits per heavy atom. The second kappa shape index (κ2) is 8.60. The smallest absolute Gasteiger partial charge is 0.228 e. The number of hydrogen-bond acceptors (Lipinski definition) is 5. The van der Waals surface area contributed by atoms with Gasteiger partial charge in [-0.1, -0.05) is 13.8 Å². The number of ether oxygens (including phenoxy) is 2. The van der Waals surface area contributed by atoms with Crippen molar-refractivity contribution in [3.8, 4) is 6.07 Å². The minimum absolute atomic E-state index is 0.0000791. The van der Waals surface area contributed by atoms with Crippen molar-refractivity contribution in [2.24, 2.45) is 11.8 Å². The fourth-order valence-electron chi connectivity index (χ4n) is 5.87. The van der Waals surface area contributed by atoms with Gasteiger partial charge in [0.25, 0.3) is 0 Å². The average molecular weight is 452 g/mol. The Hall–Kier alpha value is -2.10. The second-order valence-electron chi connectivity index (χ2n) is 11.3.